The standard InChI is InChI=1S/C24H24N4OS/c1-24(2)19-13-16(27-8-10-28(30-3)11-9-27)5-7-17(19)22(29)21-18-6-4-15(14-25)12-20(18)26-23(21)24/h4-7,12-13,26H,8-11H2,1-3H3. The number of piperazine rings is 1. The topological polar surface area (TPSA) is 63.1 Å². The highest BCUT2D eigenvalue weighted by Gasteiger charge is 2.40. The van der Waals surface area contributed by atoms with E-state index in [1.807, 2.05) is 18.2 Å². The van der Waals surface area contributed by atoms with Gasteiger partial charge in [0.2, 0.25) is 0 Å². The van der Waals surface area contributed by atoms with Crippen LogP contribution in [0.2, 0.25) is 0 Å². The summed E-state index contributed by atoms with van der Waals surface area (Å²) in [5, 5.41) is 10.1. The first-order valence-electron chi connectivity index (χ1n) is 10.2. The Morgan fingerprint density at radius 1 is 1.10 bits per heavy atom. The van der Waals surface area contributed by atoms with Crippen LogP contribution in [0.3, 0.4) is 0 Å². The van der Waals surface area contributed by atoms with Gasteiger partial charge in [-0.05, 0) is 42.2 Å². The molecular weight excluding hydrogens is 392 g/mol. The normalized spacial score (nSPS) is 18.2. The summed E-state index contributed by atoms with van der Waals surface area (Å²) in [6.45, 7) is 8.40. The monoisotopic (exact) mass is 416 g/mol. The Morgan fingerprint density at radius 2 is 1.87 bits per heavy atom. The van der Waals surface area contributed by atoms with E-state index in [1.54, 1.807) is 18.0 Å². The van der Waals surface area contributed by atoms with E-state index in [2.05, 4.69) is 52.5 Å². The van der Waals surface area contributed by atoms with Gasteiger partial charge >= 0.3 is 0 Å². The van der Waals surface area contributed by atoms with Gasteiger partial charge in [0.25, 0.3) is 0 Å². The minimum absolute atomic E-state index is 0.0639. The van der Waals surface area contributed by atoms with Gasteiger partial charge in [0, 0.05) is 59.4 Å². The van der Waals surface area contributed by atoms with Crippen molar-refractivity contribution in [3.05, 3.63) is 64.3 Å². The molecule has 30 heavy (non-hydrogen) atoms. The van der Waals surface area contributed by atoms with Crippen molar-refractivity contribution in [2.75, 3.05) is 37.3 Å². The number of nitrogens with one attached hydrogen (secondary N) is 1. The lowest BCUT2D eigenvalue weighted by Crippen LogP contribution is -2.43. The van der Waals surface area contributed by atoms with Crippen molar-refractivity contribution < 1.29 is 4.79 Å². The van der Waals surface area contributed by atoms with Gasteiger partial charge in [-0.25, -0.2) is 4.31 Å². The van der Waals surface area contributed by atoms with Gasteiger partial charge in [-0.3, -0.25) is 4.79 Å². The number of carbonyl (C=O) groups excluding carboxylic acids is 1. The molecule has 0 radical (unpaired) electrons. The number of aromatic amines is 1. The Bertz CT molecular complexity index is 1210. The van der Waals surface area contributed by atoms with Gasteiger partial charge in [-0.15, -0.1) is 0 Å². The number of fused-ring (bicyclic) bond motifs is 4. The number of benzene rings is 2. The zero-order chi connectivity index (χ0) is 21.0. The van der Waals surface area contributed by atoms with Crippen molar-refractivity contribution in [3.63, 3.8) is 0 Å². The van der Waals surface area contributed by atoms with Gasteiger partial charge in [-0.2, -0.15) is 5.26 Å². The molecule has 1 N–H and O–H groups in total. The maximum Gasteiger partial charge on any atom is 0.195 e. The van der Waals surface area contributed by atoms with E-state index in [9.17, 15) is 10.1 Å². The lowest BCUT2D eigenvalue weighted by Gasteiger charge is -2.37. The van der Waals surface area contributed by atoms with Crippen molar-refractivity contribution >= 4 is 34.3 Å². The number of rotatable bonds is 2. The summed E-state index contributed by atoms with van der Waals surface area (Å²) < 4.78 is 2.38. The maximum absolute atomic E-state index is 13.5. The Balaban J connectivity index is 1.60. The van der Waals surface area contributed by atoms with Crippen LogP contribution in [0.25, 0.3) is 10.9 Å². The zero-order valence-electron chi connectivity index (χ0n) is 17.5. The molecule has 0 unspecified atom stereocenters. The van der Waals surface area contributed by atoms with Crippen LogP contribution < -0.4 is 4.90 Å². The highest BCUT2D eigenvalue weighted by atomic mass is 32.2. The third kappa shape index (κ3) is 2.77. The van der Waals surface area contributed by atoms with Crippen molar-refractivity contribution in [2.45, 2.75) is 19.3 Å². The maximum atomic E-state index is 13.5. The van der Waals surface area contributed by atoms with Crippen molar-refractivity contribution in [2.24, 2.45) is 0 Å². The highest BCUT2D eigenvalue weighted by Crippen LogP contribution is 2.44. The van der Waals surface area contributed by atoms with E-state index >= 15 is 0 Å². The number of carbonyl (C=O) groups is 1. The molecule has 152 valence electrons. The molecule has 1 saturated heterocycles. The third-order valence-corrected chi connectivity index (χ3v) is 7.44. The number of hydrogen-bond donors (Lipinski definition) is 1. The highest BCUT2D eigenvalue weighted by molar-refractivity contribution is 7.96. The summed E-state index contributed by atoms with van der Waals surface area (Å²) in [4.78, 5) is 19.4. The van der Waals surface area contributed by atoms with E-state index in [1.165, 1.54) is 5.69 Å². The molecule has 6 heteroatoms. The number of nitrogens with zero attached hydrogens (tertiary/aromatic N) is 3. The Labute approximate surface area is 180 Å². The van der Waals surface area contributed by atoms with Crippen LogP contribution in [0.4, 0.5) is 5.69 Å². The van der Waals surface area contributed by atoms with Crippen molar-refractivity contribution in [3.8, 4) is 6.07 Å². The number of hydrogen-bond acceptors (Lipinski definition) is 5. The molecule has 0 saturated carbocycles. The van der Waals surface area contributed by atoms with Crippen LogP contribution in [0, 0.1) is 11.3 Å². The Morgan fingerprint density at radius 3 is 2.57 bits per heavy atom. The predicted octanol–water partition coefficient (Wildman–Crippen LogP) is 4.31. The predicted molar refractivity (Wildman–Crippen MR) is 122 cm³/mol. The van der Waals surface area contributed by atoms with Crippen LogP contribution in [0.15, 0.2) is 36.4 Å². The zero-order valence-corrected chi connectivity index (χ0v) is 18.3. The van der Waals surface area contributed by atoms with Gasteiger partial charge in [0.05, 0.1) is 17.2 Å². The molecule has 5 nitrogen and oxygen atoms in total. The first-order valence-corrected chi connectivity index (χ1v) is 11.4. The van der Waals surface area contributed by atoms with E-state index in [0.29, 0.717) is 5.56 Å². The van der Waals surface area contributed by atoms with Gasteiger partial charge < -0.3 is 9.88 Å². The van der Waals surface area contributed by atoms with Crippen LogP contribution in [0.5, 0.6) is 0 Å². The molecule has 2 heterocycles. The fourth-order valence-corrected chi connectivity index (χ4v) is 5.34. The average molecular weight is 417 g/mol. The molecule has 5 rings (SSSR count). The molecule has 1 aliphatic heterocycles. The first-order chi connectivity index (χ1) is 14.4. The Kier molecular flexibility index (Phi) is 4.42. The Hall–Kier alpha value is -2.75. The fraction of sp³-hybridized carbons (Fsp3) is 0.333. The average Bonchev–Trinajstić information content (AvgIpc) is 3.17. The number of anilines is 1. The summed E-state index contributed by atoms with van der Waals surface area (Å²) in [5.41, 5.74) is 5.82. The summed E-state index contributed by atoms with van der Waals surface area (Å²) in [7, 11) is 0. The summed E-state index contributed by atoms with van der Waals surface area (Å²) >= 11 is 1.80. The molecule has 2 aliphatic rings. The molecule has 0 bridgehead atoms. The summed E-state index contributed by atoms with van der Waals surface area (Å²) in [5.74, 6) is 0.0639. The van der Waals surface area contributed by atoms with E-state index in [-0.39, 0.29) is 11.2 Å². The number of ketones is 1. The fourth-order valence-electron chi connectivity index (χ4n) is 4.81. The number of H-pyrrole nitrogens is 1. The smallest absolute Gasteiger partial charge is 0.195 e. The molecule has 3 aromatic rings. The number of nitriles is 1. The first kappa shape index (κ1) is 19.2. The second-order valence-electron chi connectivity index (χ2n) is 8.53. The largest absolute Gasteiger partial charge is 0.369 e. The molecular formula is C24H24N4OS. The molecule has 1 fully saturated rings. The van der Waals surface area contributed by atoms with Crippen molar-refractivity contribution in [1.29, 1.82) is 5.26 Å². The SMILES string of the molecule is CSN1CCN(c2ccc3c(c2)C(C)(C)c2[nH]c4cc(C#N)ccc4c2C3=O)CC1. The number of aromatic nitrogens is 1. The minimum Gasteiger partial charge on any atom is -0.369 e. The third-order valence-electron chi connectivity index (χ3n) is 6.56. The molecule has 0 amide bonds. The van der Waals surface area contributed by atoms with Gasteiger partial charge in [0.1, 0.15) is 0 Å². The quantitative estimate of drug-likeness (QED) is 0.631. The second-order valence-corrected chi connectivity index (χ2v) is 9.41. The molecule has 1 aliphatic carbocycles. The second kappa shape index (κ2) is 6.90. The molecule has 2 aromatic carbocycles. The summed E-state index contributed by atoms with van der Waals surface area (Å²) in [6, 6.07) is 14.0. The minimum atomic E-state index is -0.332. The van der Waals surface area contributed by atoms with Crippen LogP contribution in [-0.2, 0) is 5.41 Å². The van der Waals surface area contributed by atoms with Gasteiger partial charge in [0.15, 0.2) is 5.78 Å². The molecule has 0 atom stereocenters. The lowest BCUT2D eigenvalue weighted by atomic mass is 9.71. The van der Waals surface area contributed by atoms with Crippen LogP contribution in [-0.4, -0.2) is 47.5 Å². The molecule has 0 spiro atoms. The van der Waals surface area contributed by atoms with E-state index in [0.717, 1.165) is 59.5 Å². The summed E-state index contributed by atoms with van der Waals surface area (Å²) in [6.07, 6.45) is 2.13. The van der Waals surface area contributed by atoms with Crippen LogP contribution in [0.1, 0.15) is 46.6 Å². The van der Waals surface area contributed by atoms with Crippen LogP contribution >= 0.6 is 11.9 Å². The molecule has 1 aromatic heterocycles. The van der Waals surface area contributed by atoms with E-state index < -0.39 is 0 Å². The van der Waals surface area contributed by atoms with Crippen molar-refractivity contribution in [1.82, 2.24) is 9.29 Å². The van der Waals surface area contributed by atoms with Gasteiger partial charge in [-0.1, -0.05) is 31.9 Å². The lowest BCUT2D eigenvalue weighted by molar-refractivity contribution is 0.103. The van der Waals surface area contributed by atoms with E-state index in [4.69, 9.17) is 0 Å².